The summed E-state index contributed by atoms with van der Waals surface area (Å²) < 4.78 is 12.4. The SMILES string of the molecule is COCCCN(Cc1ccc2c(c1)CC(C)O2)C(=O)c1ccc(C)n(C)c1=O. The number of benzene rings is 1. The van der Waals surface area contributed by atoms with Gasteiger partial charge in [0.25, 0.3) is 11.5 Å². The summed E-state index contributed by atoms with van der Waals surface area (Å²) >= 11 is 0. The van der Waals surface area contributed by atoms with Crippen molar-refractivity contribution in [3.05, 3.63) is 63.1 Å². The molecule has 0 aliphatic carbocycles. The molecule has 0 fully saturated rings. The smallest absolute Gasteiger partial charge is 0.263 e. The number of methoxy groups -OCH3 is 1. The summed E-state index contributed by atoms with van der Waals surface area (Å²) in [5, 5.41) is 0. The number of carbonyl (C=O) groups is 1. The van der Waals surface area contributed by atoms with E-state index in [1.54, 1.807) is 31.2 Å². The van der Waals surface area contributed by atoms with Crippen LogP contribution in [0.2, 0.25) is 0 Å². The molecule has 1 unspecified atom stereocenters. The van der Waals surface area contributed by atoms with E-state index in [0.717, 1.165) is 23.4 Å². The first-order valence-corrected chi connectivity index (χ1v) is 9.64. The molecule has 0 bridgehead atoms. The van der Waals surface area contributed by atoms with Crippen LogP contribution in [0.25, 0.3) is 0 Å². The molecule has 0 saturated carbocycles. The summed E-state index contributed by atoms with van der Waals surface area (Å²) in [5.41, 5.74) is 2.95. The molecule has 0 N–H and O–H groups in total. The Bertz CT molecular complexity index is 919. The first kappa shape index (κ1) is 20.1. The molecule has 0 spiro atoms. The van der Waals surface area contributed by atoms with Crippen LogP contribution in [-0.2, 0) is 24.8 Å². The van der Waals surface area contributed by atoms with Crippen molar-refractivity contribution >= 4 is 5.91 Å². The highest BCUT2D eigenvalue weighted by Crippen LogP contribution is 2.29. The molecule has 1 aliphatic rings. The van der Waals surface area contributed by atoms with Gasteiger partial charge < -0.3 is 18.9 Å². The Morgan fingerprint density at radius 2 is 2.11 bits per heavy atom. The lowest BCUT2D eigenvalue weighted by Gasteiger charge is -2.23. The van der Waals surface area contributed by atoms with Crippen LogP contribution >= 0.6 is 0 Å². The molecular weight excluding hydrogens is 356 g/mol. The van der Waals surface area contributed by atoms with Gasteiger partial charge in [-0.15, -0.1) is 0 Å². The zero-order valence-electron chi connectivity index (χ0n) is 17.0. The molecule has 6 heteroatoms. The minimum Gasteiger partial charge on any atom is -0.490 e. The average Bonchev–Trinajstić information content (AvgIpc) is 3.04. The van der Waals surface area contributed by atoms with Crippen LogP contribution in [0.1, 0.15) is 40.5 Å². The van der Waals surface area contributed by atoms with Crippen molar-refractivity contribution in [2.24, 2.45) is 7.05 Å². The summed E-state index contributed by atoms with van der Waals surface area (Å²) in [6.07, 6.45) is 1.76. The third kappa shape index (κ3) is 4.28. The van der Waals surface area contributed by atoms with Crippen LogP contribution in [0, 0.1) is 6.92 Å². The van der Waals surface area contributed by atoms with Gasteiger partial charge in [-0.3, -0.25) is 9.59 Å². The van der Waals surface area contributed by atoms with Crippen LogP contribution in [0.15, 0.2) is 35.1 Å². The van der Waals surface area contributed by atoms with Crippen LogP contribution < -0.4 is 10.3 Å². The highest BCUT2D eigenvalue weighted by atomic mass is 16.5. The summed E-state index contributed by atoms with van der Waals surface area (Å²) in [5.74, 6) is 0.669. The summed E-state index contributed by atoms with van der Waals surface area (Å²) in [6, 6.07) is 9.48. The molecule has 1 amide bonds. The number of pyridine rings is 1. The molecule has 28 heavy (non-hydrogen) atoms. The van der Waals surface area contributed by atoms with Gasteiger partial charge in [-0.1, -0.05) is 12.1 Å². The van der Waals surface area contributed by atoms with Crippen molar-refractivity contribution < 1.29 is 14.3 Å². The number of hydrogen-bond acceptors (Lipinski definition) is 4. The maximum atomic E-state index is 13.2. The van der Waals surface area contributed by atoms with E-state index in [4.69, 9.17) is 9.47 Å². The van der Waals surface area contributed by atoms with Crippen molar-refractivity contribution in [3.8, 4) is 5.75 Å². The number of nitrogens with zero attached hydrogens (tertiary/aromatic N) is 2. The van der Waals surface area contributed by atoms with Crippen LogP contribution in [0.3, 0.4) is 0 Å². The quantitative estimate of drug-likeness (QED) is 0.689. The van der Waals surface area contributed by atoms with Gasteiger partial charge >= 0.3 is 0 Å². The number of ether oxygens (including phenoxy) is 2. The van der Waals surface area contributed by atoms with Gasteiger partial charge in [0.1, 0.15) is 17.4 Å². The summed E-state index contributed by atoms with van der Waals surface area (Å²) in [6.45, 7) is 5.42. The molecule has 2 aromatic rings. The first-order valence-electron chi connectivity index (χ1n) is 9.64. The lowest BCUT2D eigenvalue weighted by atomic mass is 10.1. The molecule has 1 aromatic heterocycles. The zero-order chi connectivity index (χ0) is 20.3. The van der Waals surface area contributed by atoms with Crippen molar-refractivity contribution in [1.82, 2.24) is 9.47 Å². The van der Waals surface area contributed by atoms with Gasteiger partial charge in [0.05, 0.1) is 0 Å². The Labute approximate surface area is 165 Å². The van der Waals surface area contributed by atoms with E-state index in [-0.39, 0.29) is 23.1 Å². The molecule has 6 nitrogen and oxygen atoms in total. The number of hydrogen-bond donors (Lipinski definition) is 0. The van der Waals surface area contributed by atoms with Crippen molar-refractivity contribution in [1.29, 1.82) is 0 Å². The zero-order valence-corrected chi connectivity index (χ0v) is 17.0. The number of fused-ring (bicyclic) bond motifs is 1. The second kappa shape index (κ2) is 8.61. The topological polar surface area (TPSA) is 60.8 Å². The lowest BCUT2D eigenvalue weighted by Crippen LogP contribution is -2.37. The fraction of sp³-hybridized carbons (Fsp3) is 0.455. The molecule has 2 heterocycles. The van der Waals surface area contributed by atoms with Gasteiger partial charge in [-0.2, -0.15) is 0 Å². The number of carbonyl (C=O) groups excluding carboxylic acids is 1. The third-order valence-corrected chi connectivity index (χ3v) is 5.18. The summed E-state index contributed by atoms with van der Waals surface area (Å²) in [7, 11) is 3.33. The van der Waals surface area contributed by atoms with Gasteiger partial charge in [-0.25, -0.2) is 0 Å². The van der Waals surface area contributed by atoms with Gasteiger partial charge in [0.2, 0.25) is 0 Å². The maximum absolute atomic E-state index is 13.2. The fourth-order valence-electron chi connectivity index (χ4n) is 3.51. The van der Waals surface area contributed by atoms with Crippen LogP contribution in [0.4, 0.5) is 0 Å². The fourth-order valence-corrected chi connectivity index (χ4v) is 3.51. The van der Waals surface area contributed by atoms with Gasteiger partial charge in [0, 0.05) is 46.0 Å². The van der Waals surface area contributed by atoms with E-state index in [1.807, 2.05) is 26.0 Å². The average molecular weight is 384 g/mol. The van der Waals surface area contributed by atoms with Crippen LogP contribution in [0.5, 0.6) is 5.75 Å². The Morgan fingerprint density at radius 1 is 1.32 bits per heavy atom. The number of rotatable bonds is 7. The van der Waals surface area contributed by atoms with E-state index in [1.165, 1.54) is 10.1 Å². The first-order chi connectivity index (χ1) is 13.4. The van der Waals surface area contributed by atoms with E-state index >= 15 is 0 Å². The predicted molar refractivity (Wildman–Crippen MR) is 108 cm³/mol. The lowest BCUT2D eigenvalue weighted by molar-refractivity contribution is 0.0721. The Hall–Kier alpha value is -2.60. The van der Waals surface area contributed by atoms with E-state index in [2.05, 4.69) is 6.07 Å². The summed E-state index contributed by atoms with van der Waals surface area (Å²) in [4.78, 5) is 27.5. The number of amides is 1. The van der Waals surface area contributed by atoms with E-state index < -0.39 is 0 Å². The largest absolute Gasteiger partial charge is 0.490 e. The normalized spacial score (nSPS) is 15.2. The van der Waals surface area contributed by atoms with Crippen molar-refractivity contribution in [2.45, 2.75) is 39.3 Å². The maximum Gasteiger partial charge on any atom is 0.263 e. The number of aryl methyl sites for hydroxylation is 1. The van der Waals surface area contributed by atoms with Crippen molar-refractivity contribution in [3.63, 3.8) is 0 Å². The minimum atomic E-state index is -0.266. The van der Waals surface area contributed by atoms with E-state index in [9.17, 15) is 9.59 Å². The second-order valence-corrected chi connectivity index (χ2v) is 7.40. The molecule has 0 saturated heterocycles. The standard InChI is InChI=1S/C22H28N2O4/c1-15-6-8-19(21(25)23(15)3)22(26)24(10-5-11-27-4)14-17-7-9-20-18(13-17)12-16(2)28-20/h6-9,13,16H,5,10-12,14H2,1-4H3. The van der Waals surface area contributed by atoms with Crippen LogP contribution in [-0.4, -0.2) is 41.7 Å². The molecule has 1 atom stereocenters. The second-order valence-electron chi connectivity index (χ2n) is 7.40. The number of aromatic nitrogens is 1. The highest BCUT2D eigenvalue weighted by Gasteiger charge is 2.22. The molecule has 1 aromatic carbocycles. The molecule has 1 aliphatic heterocycles. The minimum absolute atomic E-state index is 0.181. The molecule has 0 radical (unpaired) electrons. The monoisotopic (exact) mass is 384 g/mol. The van der Waals surface area contributed by atoms with E-state index in [0.29, 0.717) is 26.1 Å². The molecular formula is C22H28N2O4. The molecule has 3 rings (SSSR count). The third-order valence-electron chi connectivity index (χ3n) is 5.18. The Morgan fingerprint density at radius 3 is 2.86 bits per heavy atom. The highest BCUT2D eigenvalue weighted by molar-refractivity contribution is 5.93. The van der Waals surface area contributed by atoms with Gasteiger partial charge in [-0.05, 0) is 49.6 Å². The molecule has 150 valence electrons. The van der Waals surface area contributed by atoms with Crippen molar-refractivity contribution in [2.75, 3.05) is 20.3 Å². The predicted octanol–water partition coefficient (Wildman–Crippen LogP) is 2.70. The Kier molecular flexibility index (Phi) is 6.19. The Balaban J connectivity index is 1.85. The van der Waals surface area contributed by atoms with Gasteiger partial charge in [0.15, 0.2) is 0 Å².